The Morgan fingerprint density at radius 1 is 1.17 bits per heavy atom. The van der Waals surface area contributed by atoms with Gasteiger partial charge in [0.05, 0.1) is 6.61 Å². The third-order valence-corrected chi connectivity index (χ3v) is 5.76. The number of alkyl carbamates (subject to hydrolysis) is 1. The zero-order valence-corrected chi connectivity index (χ0v) is 21.3. The van der Waals surface area contributed by atoms with Gasteiger partial charge >= 0.3 is 6.09 Å². The second-order valence-corrected chi connectivity index (χ2v) is 9.94. The van der Waals surface area contributed by atoms with Crippen LogP contribution in [0.15, 0.2) is 55.1 Å². The molecule has 2 atom stereocenters. The number of nitrogens with one attached hydrogen (secondary N) is 2. The van der Waals surface area contributed by atoms with Crippen molar-refractivity contribution < 1.29 is 24.2 Å². The van der Waals surface area contributed by atoms with Gasteiger partial charge in [-0.3, -0.25) is 9.59 Å². The van der Waals surface area contributed by atoms with E-state index in [-0.39, 0.29) is 11.9 Å². The normalized spacial score (nSPS) is 14.8. The standard InChI is InChI=1S/C28H35N3O5/c1-6-19-11-9-12-20(16-19)24(25(33)29-22-13-8-7-10-18(22)2)31(21-14-15-21)26(34)23(17-32)30-27(35)36-28(3,4)5/h6-13,16,21,23-24,32H,1,14-15,17H2,2-5H3,(H,29,33)(H,30,35). The summed E-state index contributed by atoms with van der Waals surface area (Å²) in [5.74, 6) is -0.945. The van der Waals surface area contributed by atoms with Gasteiger partial charge in [-0.25, -0.2) is 4.79 Å². The Kier molecular flexibility index (Phi) is 8.53. The Morgan fingerprint density at radius 2 is 1.86 bits per heavy atom. The number of carbonyl (C=O) groups excluding carboxylic acids is 3. The highest BCUT2D eigenvalue weighted by Crippen LogP contribution is 2.36. The number of ether oxygens (including phenoxy) is 1. The number of para-hydroxylation sites is 1. The lowest BCUT2D eigenvalue weighted by Gasteiger charge is -2.34. The highest BCUT2D eigenvalue weighted by Gasteiger charge is 2.44. The lowest BCUT2D eigenvalue weighted by atomic mass is 10.00. The lowest BCUT2D eigenvalue weighted by molar-refractivity contribution is -0.142. The van der Waals surface area contributed by atoms with Crippen LogP contribution >= 0.6 is 0 Å². The van der Waals surface area contributed by atoms with Crippen molar-refractivity contribution in [2.24, 2.45) is 0 Å². The summed E-state index contributed by atoms with van der Waals surface area (Å²) in [7, 11) is 0. The minimum Gasteiger partial charge on any atom is -0.444 e. The maximum atomic E-state index is 13.8. The van der Waals surface area contributed by atoms with E-state index in [2.05, 4.69) is 17.2 Å². The highest BCUT2D eigenvalue weighted by atomic mass is 16.6. The van der Waals surface area contributed by atoms with Crippen molar-refractivity contribution in [3.63, 3.8) is 0 Å². The van der Waals surface area contributed by atoms with Gasteiger partial charge in [0.1, 0.15) is 17.7 Å². The van der Waals surface area contributed by atoms with Crippen molar-refractivity contribution >= 4 is 29.7 Å². The fourth-order valence-electron chi connectivity index (χ4n) is 3.89. The molecule has 2 aromatic rings. The fourth-order valence-corrected chi connectivity index (χ4v) is 3.89. The summed E-state index contributed by atoms with van der Waals surface area (Å²) in [6, 6.07) is 12.2. The SMILES string of the molecule is C=Cc1cccc(C(C(=O)Nc2ccccc2C)N(C(=O)C(CO)NC(=O)OC(C)(C)C)C2CC2)c1. The molecule has 36 heavy (non-hydrogen) atoms. The van der Waals surface area contributed by atoms with Gasteiger partial charge in [0.2, 0.25) is 5.91 Å². The van der Waals surface area contributed by atoms with Gasteiger partial charge in [-0.2, -0.15) is 0 Å². The molecule has 3 amide bonds. The largest absolute Gasteiger partial charge is 0.444 e. The van der Waals surface area contributed by atoms with E-state index in [0.29, 0.717) is 24.1 Å². The molecular weight excluding hydrogens is 458 g/mol. The molecule has 3 N–H and O–H groups in total. The van der Waals surface area contributed by atoms with Crippen molar-refractivity contribution in [1.82, 2.24) is 10.2 Å². The lowest BCUT2D eigenvalue weighted by Crippen LogP contribution is -2.54. The Bertz CT molecular complexity index is 1120. The molecule has 1 aliphatic carbocycles. The number of nitrogens with zero attached hydrogens (tertiary/aromatic N) is 1. The molecule has 0 aliphatic heterocycles. The second-order valence-electron chi connectivity index (χ2n) is 9.94. The smallest absolute Gasteiger partial charge is 0.408 e. The molecule has 3 rings (SSSR count). The number of rotatable bonds is 9. The van der Waals surface area contributed by atoms with E-state index in [1.165, 1.54) is 4.90 Å². The number of aliphatic hydroxyl groups excluding tert-OH is 1. The van der Waals surface area contributed by atoms with Crippen LogP contribution in [0.5, 0.6) is 0 Å². The predicted molar refractivity (Wildman–Crippen MR) is 139 cm³/mol. The number of hydrogen-bond donors (Lipinski definition) is 3. The number of hydrogen-bond acceptors (Lipinski definition) is 5. The zero-order valence-electron chi connectivity index (χ0n) is 21.3. The molecule has 192 valence electrons. The molecule has 0 aromatic heterocycles. The molecule has 8 nitrogen and oxygen atoms in total. The molecule has 0 saturated heterocycles. The number of carbonyl (C=O) groups is 3. The van der Waals surface area contributed by atoms with Crippen molar-refractivity contribution in [3.05, 3.63) is 71.8 Å². The minimum atomic E-state index is -1.27. The van der Waals surface area contributed by atoms with E-state index in [0.717, 1.165) is 11.1 Å². The Labute approximate surface area is 212 Å². The van der Waals surface area contributed by atoms with Crippen LogP contribution in [0.4, 0.5) is 10.5 Å². The van der Waals surface area contributed by atoms with Gasteiger partial charge < -0.3 is 25.4 Å². The third kappa shape index (κ3) is 6.95. The van der Waals surface area contributed by atoms with E-state index in [4.69, 9.17) is 4.74 Å². The monoisotopic (exact) mass is 493 g/mol. The first-order chi connectivity index (χ1) is 17.0. The topological polar surface area (TPSA) is 108 Å². The summed E-state index contributed by atoms with van der Waals surface area (Å²) in [6.45, 7) is 10.2. The molecule has 1 aliphatic rings. The summed E-state index contributed by atoms with van der Waals surface area (Å²) in [4.78, 5) is 41.4. The Hall–Kier alpha value is -3.65. The molecule has 2 aromatic carbocycles. The van der Waals surface area contributed by atoms with Crippen molar-refractivity contribution in [2.45, 2.75) is 64.3 Å². The maximum absolute atomic E-state index is 13.8. The molecular formula is C28H35N3O5. The number of amides is 3. The van der Waals surface area contributed by atoms with Crippen LogP contribution in [0.3, 0.4) is 0 Å². The first kappa shape index (κ1) is 26.9. The van der Waals surface area contributed by atoms with Gasteiger partial charge in [0, 0.05) is 11.7 Å². The van der Waals surface area contributed by atoms with Crippen LogP contribution in [-0.4, -0.2) is 52.2 Å². The van der Waals surface area contributed by atoms with E-state index >= 15 is 0 Å². The highest BCUT2D eigenvalue weighted by molar-refractivity contribution is 5.99. The molecule has 0 bridgehead atoms. The molecule has 1 fully saturated rings. The van der Waals surface area contributed by atoms with Crippen LogP contribution < -0.4 is 10.6 Å². The first-order valence-electron chi connectivity index (χ1n) is 12.1. The number of anilines is 1. The molecule has 0 radical (unpaired) electrons. The molecule has 8 heteroatoms. The minimum absolute atomic E-state index is 0.202. The Morgan fingerprint density at radius 3 is 2.44 bits per heavy atom. The van der Waals surface area contributed by atoms with E-state index < -0.39 is 36.3 Å². The molecule has 2 unspecified atom stereocenters. The summed E-state index contributed by atoms with van der Waals surface area (Å²) in [6.07, 6.45) is 2.28. The third-order valence-electron chi connectivity index (χ3n) is 5.76. The quantitative estimate of drug-likeness (QED) is 0.485. The van der Waals surface area contributed by atoms with Gasteiger partial charge in [-0.1, -0.05) is 49.1 Å². The van der Waals surface area contributed by atoms with Crippen molar-refractivity contribution in [2.75, 3.05) is 11.9 Å². The molecule has 0 heterocycles. The van der Waals surface area contributed by atoms with Gasteiger partial charge in [0.25, 0.3) is 5.91 Å². The fraction of sp³-hybridized carbons (Fsp3) is 0.393. The summed E-state index contributed by atoms with van der Waals surface area (Å²) >= 11 is 0. The summed E-state index contributed by atoms with van der Waals surface area (Å²) < 4.78 is 5.27. The second kappa shape index (κ2) is 11.4. The number of aryl methyl sites for hydroxylation is 1. The predicted octanol–water partition coefficient (Wildman–Crippen LogP) is 4.19. The van der Waals surface area contributed by atoms with Gasteiger partial charge in [-0.05, 0) is 69.4 Å². The zero-order chi connectivity index (χ0) is 26.5. The Balaban J connectivity index is 1.98. The molecule has 0 spiro atoms. The van der Waals surface area contributed by atoms with Crippen LogP contribution in [0, 0.1) is 6.92 Å². The van der Waals surface area contributed by atoms with E-state index in [1.807, 2.05) is 37.3 Å². The van der Waals surface area contributed by atoms with E-state index in [1.54, 1.807) is 45.0 Å². The van der Waals surface area contributed by atoms with Crippen LogP contribution in [0.25, 0.3) is 6.08 Å². The van der Waals surface area contributed by atoms with Crippen molar-refractivity contribution in [3.8, 4) is 0 Å². The summed E-state index contributed by atoms with van der Waals surface area (Å²) in [5.41, 5.74) is 2.15. The average Bonchev–Trinajstić information content (AvgIpc) is 3.66. The molecule has 1 saturated carbocycles. The van der Waals surface area contributed by atoms with Crippen LogP contribution in [0.2, 0.25) is 0 Å². The van der Waals surface area contributed by atoms with Crippen molar-refractivity contribution in [1.29, 1.82) is 0 Å². The number of aliphatic hydroxyl groups is 1. The first-order valence-corrected chi connectivity index (χ1v) is 12.1. The van der Waals surface area contributed by atoms with Crippen LogP contribution in [0.1, 0.15) is 56.3 Å². The summed E-state index contributed by atoms with van der Waals surface area (Å²) in [5, 5.41) is 15.4. The van der Waals surface area contributed by atoms with Gasteiger partial charge in [0.15, 0.2) is 0 Å². The maximum Gasteiger partial charge on any atom is 0.408 e. The van der Waals surface area contributed by atoms with Gasteiger partial charge in [-0.15, -0.1) is 0 Å². The number of benzene rings is 2. The van der Waals surface area contributed by atoms with Crippen LogP contribution in [-0.2, 0) is 14.3 Å². The van der Waals surface area contributed by atoms with E-state index in [9.17, 15) is 19.5 Å². The average molecular weight is 494 g/mol.